The van der Waals surface area contributed by atoms with Crippen molar-refractivity contribution in [3.05, 3.63) is 71.4 Å². The molecule has 0 N–H and O–H groups in total. The first-order chi connectivity index (χ1) is 14.4. The summed E-state index contributed by atoms with van der Waals surface area (Å²) < 4.78 is 47.1. The summed E-state index contributed by atoms with van der Waals surface area (Å²) in [5, 5.41) is 5.56. The second-order valence-electron chi connectivity index (χ2n) is 7.07. The Balaban J connectivity index is 1.48. The monoisotopic (exact) mass is 441 g/mol. The van der Waals surface area contributed by atoms with Gasteiger partial charge in [0.15, 0.2) is 0 Å². The van der Waals surface area contributed by atoms with Crippen LogP contribution in [0.3, 0.4) is 0 Å². The number of rotatable bonds is 4. The van der Waals surface area contributed by atoms with E-state index in [1.165, 1.54) is 22.5 Å². The number of sulfonamides is 1. The van der Waals surface area contributed by atoms with Gasteiger partial charge in [-0.3, -0.25) is 4.31 Å². The van der Waals surface area contributed by atoms with Crippen LogP contribution >= 0.6 is 11.3 Å². The van der Waals surface area contributed by atoms with Crippen LogP contribution in [-0.4, -0.2) is 24.6 Å². The number of para-hydroxylation sites is 1. The third kappa shape index (κ3) is 3.10. The molecule has 1 aliphatic rings. The molecule has 0 unspecified atom stereocenters. The summed E-state index contributed by atoms with van der Waals surface area (Å²) in [6, 6.07) is 14.8. The van der Waals surface area contributed by atoms with Crippen LogP contribution in [0.4, 0.5) is 10.1 Å². The molecule has 1 atom stereocenters. The van der Waals surface area contributed by atoms with E-state index in [4.69, 9.17) is 4.52 Å². The van der Waals surface area contributed by atoms with Crippen molar-refractivity contribution in [2.45, 2.75) is 23.6 Å². The molecule has 3 heterocycles. The van der Waals surface area contributed by atoms with E-state index in [0.717, 1.165) is 16.9 Å². The molecular weight excluding hydrogens is 425 g/mol. The van der Waals surface area contributed by atoms with E-state index in [-0.39, 0.29) is 22.0 Å². The first kappa shape index (κ1) is 19.0. The summed E-state index contributed by atoms with van der Waals surface area (Å²) in [4.78, 5) is 4.29. The molecule has 9 heteroatoms. The molecule has 152 valence electrons. The van der Waals surface area contributed by atoms with Gasteiger partial charge in [0.2, 0.25) is 5.82 Å². The maximum Gasteiger partial charge on any atom is 0.274 e. The molecular formula is C21H16FN3O3S2. The molecule has 0 saturated heterocycles. The number of hydrogen-bond donors (Lipinski definition) is 0. The maximum absolute atomic E-state index is 13.4. The highest BCUT2D eigenvalue weighted by Gasteiger charge is 2.36. The van der Waals surface area contributed by atoms with Crippen molar-refractivity contribution in [1.82, 2.24) is 10.1 Å². The Morgan fingerprint density at radius 1 is 1.13 bits per heavy atom. The average molecular weight is 442 g/mol. The SMILES string of the molecule is C[C@@H]1Cc2ccccc2N1S(=O)(=O)c1cc(-c2nc(-c3cccc(F)c3)no2)cs1. The molecule has 4 aromatic rings. The number of nitrogens with zero attached hydrogens (tertiary/aromatic N) is 3. The molecule has 0 radical (unpaired) electrons. The van der Waals surface area contributed by atoms with Gasteiger partial charge in [-0.1, -0.05) is 35.5 Å². The zero-order valence-corrected chi connectivity index (χ0v) is 17.5. The number of benzene rings is 2. The van der Waals surface area contributed by atoms with Crippen LogP contribution in [0.1, 0.15) is 12.5 Å². The van der Waals surface area contributed by atoms with E-state index in [0.29, 0.717) is 23.2 Å². The van der Waals surface area contributed by atoms with E-state index >= 15 is 0 Å². The van der Waals surface area contributed by atoms with Crippen molar-refractivity contribution in [3.8, 4) is 22.8 Å². The van der Waals surface area contributed by atoms with E-state index < -0.39 is 15.8 Å². The third-order valence-corrected chi connectivity index (χ3v) is 8.33. The molecule has 2 aromatic heterocycles. The molecule has 1 aliphatic heterocycles. The van der Waals surface area contributed by atoms with Crippen LogP contribution in [0.2, 0.25) is 0 Å². The Hall–Kier alpha value is -3.04. The summed E-state index contributed by atoms with van der Waals surface area (Å²) in [6.07, 6.45) is 0.675. The van der Waals surface area contributed by atoms with Crippen LogP contribution in [0.5, 0.6) is 0 Å². The predicted molar refractivity (Wildman–Crippen MR) is 112 cm³/mol. The van der Waals surface area contributed by atoms with Gasteiger partial charge in [0.05, 0.1) is 11.3 Å². The number of fused-ring (bicyclic) bond motifs is 1. The van der Waals surface area contributed by atoms with Crippen LogP contribution in [0.15, 0.2) is 68.7 Å². The lowest BCUT2D eigenvalue weighted by atomic mass is 10.1. The van der Waals surface area contributed by atoms with Crippen molar-refractivity contribution in [1.29, 1.82) is 0 Å². The van der Waals surface area contributed by atoms with Gasteiger partial charge < -0.3 is 4.52 Å². The summed E-state index contributed by atoms with van der Waals surface area (Å²) in [7, 11) is -3.73. The van der Waals surface area contributed by atoms with Crippen LogP contribution in [-0.2, 0) is 16.4 Å². The van der Waals surface area contributed by atoms with Gasteiger partial charge in [-0.2, -0.15) is 4.98 Å². The normalized spacial score (nSPS) is 16.1. The molecule has 5 rings (SSSR count). The Labute approximate surface area is 176 Å². The maximum atomic E-state index is 13.4. The lowest BCUT2D eigenvalue weighted by Gasteiger charge is -2.23. The summed E-state index contributed by atoms with van der Waals surface area (Å²) >= 11 is 1.10. The Morgan fingerprint density at radius 3 is 2.80 bits per heavy atom. The second-order valence-corrected chi connectivity index (χ2v) is 10.0. The molecule has 6 nitrogen and oxygen atoms in total. The lowest BCUT2D eigenvalue weighted by Crippen LogP contribution is -2.35. The van der Waals surface area contributed by atoms with Crippen molar-refractivity contribution in [2.75, 3.05) is 4.31 Å². The fourth-order valence-corrected chi connectivity index (χ4v) is 6.58. The van der Waals surface area contributed by atoms with E-state index in [1.54, 1.807) is 17.5 Å². The Kier molecular flexibility index (Phi) is 4.44. The van der Waals surface area contributed by atoms with Crippen molar-refractivity contribution < 1.29 is 17.3 Å². The van der Waals surface area contributed by atoms with Crippen LogP contribution in [0.25, 0.3) is 22.8 Å². The minimum absolute atomic E-state index is 0.166. The fourth-order valence-electron chi connectivity index (χ4n) is 3.65. The number of hydrogen-bond acceptors (Lipinski definition) is 6. The average Bonchev–Trinajstić information content (AvgIpc) is 3.45. The quantitative estimate of drug-likeness (QED) is 0.457. The second kappa shape index (κ2) is 7.03. The van der Waals surface area contributed by atoms with Crippen molar-refractivity contribution >= 4 is 27.0 Å². The molecule has 0 spiro atoms. The highest BCUT2D eigenvalue weighted by molar-refractivity contribution is 7.94. The van der Waals surface area contributed by atoms with Gasteiger partial charge in [-0.05, 0) is 43.2 Å². The molecule has 0 bridgehead atoms. The topological polar surface area (TPSA) is 76.3 Å². The fraction of sp³-hybridized carbons (Fsp3) is 0.143. The molecule has 2 aromatic carbocycles. The zero-order chi connectivity index (χ0) is 20.9. The highest BCUT2D eigenvalue weighted by Crippen LogP contribution is 2.39. The molecule has 0 aliphatic carbocycles. The van der Waals surface area contributed by atoms with Gasteiger partial charge in [-0.25, -0.2) is 12.8 Å². The van der Waals surface area contributed by atoms with E-state index in [1.807, 2.05) is 31.2 Å². The van der Waals surface area contributed by atoms with Crippen LogP contribution < -0.4 is 4.31 Å². The van der Waals surface area contributed by atoms with Gasteiger partial charge in [0.25, 0.3) is 15.9 Å². The minimum Gasteiger partial charge on any atom is -0.334 e. The predicted octanol–water partition coefficient (Wildman–Crippen LogP) is 4.74. The molecule has 0 amide bonds. The largest absolute Gasteiger partial charge is 0.334 e. The summed E-state index contributed by atoms with van der Waals surface area (Å²) in [6.45, 7) is 1.90. The summed E-state index contributed by atoms with van der Waals surface area (Å²) in [5.74, 6) is 0.0202. The third-order valence-electron chi connectivity index (χ3n) is 4.99. The van der Waals surface area contributed by atoms with E-state index in [9.17, 15) is 12.8 Å². The van der Waals surface area contributed by atoms with Crippen molar-refractivity contribution in [2.24, 2.45) is 0 Å². The Bertz CT molecular complexity index is 1350. The van der Waals surface area contributed by atoms with Crippen LogP contribution in [0, 0.1) is 5.82 Å². The first-order valence-corrected chi connectivity index (χ1v) is 11.6. The van der Waals surface area contributed by atoms with Crippen molar-refractivity contribution in [3.63, 3.8) is 0 Å². The number of anilines is 1. The van der Waals surface area contributed by atoms with Gasteiger partial charge in [-0.15, -0.1) is 11.3 Å². The Morgan fingerprint density at radius 2 is 1.97 bits per heavy atom. The minimum atomic E-state index is -3.73. The molecule has 0 fully saturated rings. The molecule has 30 heavy (non-hydrogen) atoms. The molecule has 0 saturated carbocycles. The standard InChI is InChI=1S/C21H16FN3O3S2/c1-13-9-14-5-2-3-8-18(14)25(13)30(26,27)19-11-16(12-29-19)21-23-20(24-28-21)15-6-4-7-17(22)10-15/h2-8,10-13H,9H2,1H3/t13-/m1/s1. The number of aromatic nitrogens is 2. The highest BCUT2D eigenvalue weighted by atomic mass is 32.2. The van der Waals surface area contributed by atoms with Gasteiger partial charge in [0, 0.05) is 17.0 Å². The van der Waals surface area contributed by atoms with E-state index in [2.05, 4.69) is 10.1 Å². The lowest BCUT2D eigenvalue weighted by molar-refractivity contribution is 0.432. The number of halogens is 1. The first-order valence-electron chi connectivity index (χ1n) is 9.24. The smallest absolute Gasteiger partial charge is 0.274 e. The number of thiophene rings is 1. The van der Waals surface area contributed by atoms with Gasteiger partial charge in [0.1, 0.15) is 10.0 Å². The summed E-state index contributed by atoms with van der Waals surface area (Å²) in [5.41, 5.74) is 2.72. The zero-order valence-electron chi connectivity index (χ0n) is 15.8. The van der Waals surface area contributed by atoms with Gasteiger partial charge >= 0.3 is 0 Å².